The van der Waals surface area contributed by atoms with Gasteiger partial charge in [-0.1, -0.05) is 0 Å². The smallest absolute Gasteiger partial charge is 0.249 e. The van der Waals surface area contributed by atoms with Crippen LogP contribution in [0, 0.1) is 0 Å². The van der Waals surface area contributed by atoms with Gasteiger partial charge in [0.2, 0.25) is 17.7 Å². The van der Waals surface area contributed by atoms with Gasteiger partial charge in [0, 0.05) is 23.4 Å². The summed E-state index contributed by atoms with van der Waals surface area (Å²) in [5, 5.41) is 5.48. The summed E-state index contributed by atoms with van der Waals surface area (Å²) in [7, 11) is 1.54. The van der Waals surface area contributed by atoms with Gasteiger partial charge in [0.05, 0.1) is 13.5 Å². The molecule has 1 aliphatic heterocycles. The van der Waals surface area contributed by atoms with E-state index < -0.39 is 11.9 Å². The number of amides is 3. The molecule has 2 rings (SSSR count). The molecule has 0 bridgehead atoms. The number of piperidine rings is 1. The molecule has 1 atom stereocenters. The average Bonchev–Trinajstić information content (AvgIpc) is 2.84. The Morgan fingerprint density at radius 1 is 1.57 bits per heavy atom. The van der Waals surface area contributed by atoms with Gasteiger partial charge in [-0.2, -0.15) is 0 Å². The lowest BCUT2D eigenvalue weighted by Crippen LogP contribution is -2.52. The van der Waals surface area contributed by atoms with Gasteiger partial charge in [0.25, 0.3) is 0 Å². The highest BCUT2D eigenvalue weighted by atomic mass is 32.1. The number of imide groups is 1. The third kappa shape index (κ3) is 3.79. The van der Waals surface area contributed by atoms with Crippen molar-refractivity contribution in [2.24, 2.45) is 5.73 Å². The maximum atomic E-state index is 12.0. The summed E-state index contributed by atoms with van der Waals surface area (Å²) in [6, 6.07) is 1.17. The van der Waals surface area contributed by atoms with Crippen molar-refractivity contribution in [3.63, 3.8) is 0 Å². The van der Waals surface area contributed by atoms with E-state index in [0.717, 1.165) is 10.4 Å². The summed E-state index contributed by atoms with van der Waals surface area (Å²) in [4.78, 5) is 35.6. The molecule has 1 fully saturated rings. The Hall–Kier alpha value is -1.93. The fourth-order valence-electron chi connectivity index (χ4n) is 2.11. The highest BCUT2D eigenvalue weighted by molar-refractivity contribution is 7.14. The van der Waals surface area contributed by atoms with Crippen LogP contribution in [0.25, 0.3) is 0 Å². The van der Waals surface area contributed by atoms with Crippen molar-refractivity contribution in [2.45, 2.75) is 31.8 Å². The molecule has 0 aliphatic carbocycles. The predicted octanol–water partition coefficient (Wildman–Crippen LogP) is -0.321. The van der Waals surface area contributed by atoms with Gasteiger partial charge in [-0.3, -0.25) is 19.7 Å². The minimum Gasteiger partial charge on any atom is -0.487 e. The van der Waals surface area contributed by atoms with Gasteiger partial charge in [0.15, 0.2) is 5.06 Å². The van der Waals surface area contributed by atoms with E-state index in [1.54, 1.807) is 0 Å². The van der Waals surface area contributed by atoms with E-state index >= 15 is 0 Å². The molecule has 1 aliphatic rings. The summed E-state index contributed by atoms with van der Waals surface area (Å²) in [6.07, 6.45) is 0.665. The predicted molar refractivity (Wildman–Crippen MR) is 76.8 cm³/mol. The molecule has 0 spiro atoms. The zero-order valence-electron chi connectivity index (χ0n) is 11.6. The van der Waals surface area contributed by atoms with E-state index in [2.05, 4.69) is 10.6 Å². The molecule has 21 heavy (non-hydrogen) atoms. The first-order valence-electron chi connectivity index (χ1n) is 6.52. The van der Waals surface area contributed by atoms with Gasteiger partial charge < -0.3 is 15.8 Å². The van der Waals surface area contributed by atoms with Crippen molar-refractivity contribution in [2.75, 3.05) is 7.11 Å². The third-order valence-electron chi connectivity index (χ3n) is 3.13. The lowest BCUT2D eigenvalue weighted by Gasteiger charge is -2.21. The monoisotopic (exact) mass is 311 g/mol. The van der Waals surface area contributed by atoms with Crippen LogP contribution in [-0.4, -0.2) is 30.9 Å². The number of hydrogen-bond donors (Lipinski definition) is 3. The Kier molecular flexibility index (Phi) is 4.92. The molecule has 1 unspecified atom stereocenters. The van der Waals surface area contributed by atoms with Crippen LogP contribution in [0.15, 0.2) is 6.07 Å². The number of rotatable bonds is 5. The van der Waals surface area contributed by atoms with Crippen LogP contribution in [0.2, 0.25) is 0 Å². The zero-order chi connectivity index (χ0) is 15.4. The molecular formula is C13H17N3O4S. The summed E-state index contributed by atoms with van der Waals surface area (Å²) in [5.41, 5.74) is 6.31. The number of hydrogen-bond acceptors (Lipinski definition) is 6. The summed E-state index contributed by atoms with van der Waals surface area (Å²) < 4.78 is 5.21. The number of carbonyl (C=O) groups excluding carboxylic acids is 3. The highest BCUT2D eigenvalue weighted by Gasteiger charge is 2.28. The quantitative estimate of drug-likeness (QED) is 0.645. The zero-order valence-corrected chi connectivity index (χ0v) is 12.4. The van der Waals surface area contributed by atoms with E-state index in [-0.39, 0.29) is 24.7 Å². The highest BCUT2D eigenvalue weighted by Crippen LogP contribution is 2.30. The van der Waals surface area contributed by atoms with Gasteiger partial charge in [0.1, 0.15) is 6.04 Å². The van der Waals surface area contributed by atoms with Crippen LogP contribution in [0.1, 0.15) is 23.3 Å². The number of ether oxygens (including phenoxy) is 1. The lowest BCUT2D eigenvalue weighted by atomic mass is 10.1. The summed E-state index contributed by atoms with van der Waals surface area (Å²) in [5.74, 6) is -1.05. The summed E-state index contributed by atoms with van der Waals surface area (Å²) >= 11 is 1.40. The summed E-state index contributed by atoms with van der Waals surface area (Å²) in [6.45, 7) is 0.385. The Morgan fingerprint density at radius 3 is 2.95 bits per heavy atom. The Balaban J connectivity index is 1.97. The van der Waals surface area contributed by atoms with E-state index in [0.29, 0.717) is 18.0 Å². The first-order chi connectivity index (χ1) is 10.0. The first-order valence-corrected chi connectivity index (χ1v) is 7.33. The standard InChI is InChI=1S/C13H17N3O4S/c1-20-13-7(4-8(6-14)21-13)5-11(18)15-9-2-3-10(17)16-12(9)19/h4,9H,2-3,5-6,14H2,1H3,(H,15,18)(H,16,17,19). The molecule has 7 nitrogen and oxygen atoms in total. The molecule has 2 heterocycles. The molecule has 8 heteroatoms. The van der Waals surface area contributed by atoms with E-state index in [4.69, 9.17) is 10.5 Å². The van der Waals surface area contributed by atoms with Crippen LogP contribution < -0.4 is 21.1 Å². The Morgan fingerprint density at radius 2 is 2.33 bits per heavy atom. The van der Waals surface area contributed by atoms with E-state index in [1.165, 1.54) is 18.4 Å². The number of carbonyl (C=O) groups is 3. The van der Waals surface area contributed by atoms with Crippen molar-refractivity contribution in [1.82, 2.24) is 10.6 Å². The van der Waals surface area contributed by atoms with Gasteiger partial charge >= 0.3 is 0 Å². The number of nitrogens with two attached hydrogens (primary N) is 1. The fourth-order valence-corrected chi connectivity index (χ4v) is 2.98. The molecule has 0 radical (unpaired) electrons. The van der Waals surface area contributed by atoms with Crippen molar-refractivity contribution < 1.29 is 19.1 Å². The average molecular weight is 311 g/mol. The molecule has 1 aromatic rings. The molecule has 4 N–H and O–H groups in total. The van der Waals surface area contributed by atoms with Crippen LogP contribution in [-0.2, 0) is 27.3 Å². The molecule has 114 valence electrons. The second kappa shape index (κ2) is 6.68. The van der Waals surface area contributed by atoms with Gasteiger partial charge in [-0.05, 0) is 12.5 Å². The first kappa shape index (κ1) is 15.5. The van der Waals surface area contributed by atoms with Gasteiger partial charge in [-0.25, -0.2) is 0 Å². The van der Waals surface area contributed by atoms with Crippen molar-refractivity contribution in [3.8, 4) is 5.06 Å². The maximum Gasteiger partial charge on any atom is 0.249 e. The fraction of sp³-hybridized carbons (Fsp3) is 0.462. The topological polar surface area (TPSA) is 111 Å². The minimum absolute atomic E-state index is 0.109. The molecule has 1 aromatic heterocycles. The third-order valence-corrected chi connectivity index (χ3v) is 4.29. The molecule has 0 aromatic carbocycles. The van der Waals surface area contributed by atoms with Crippen molar-refractivity contribution >= 4 is 29.1 Å². The van der Waals surface area contributed by atoms with Crippen molar-refractivity contribution in [1.29, 1.82) is 0 Å². The molecule has 0 saturated carbocycles. The maximum absolute atomic E-state index is 12.0. The second-order valence-corrected chi connectivity index (χ2v) is 5.78. The van der Waals surface area contributed by atoms with Crippen LogP contribution in [0.4, 0.5) is 0 Å². The lowest BCUT2D eigenvalue weighted by molar-refractivity contribution is -0.137. The van der Waals surface area contributed by atoms with Crippen LogP contribution in [0.3, 0.4) is 0 Å². The van der Waals surface area contributed by atoms with E-state index in [1.807, 2.05) is 6.07 Å². The Labute approximate surface area is 125 Å². The van der Waals surface area contributed by atoms with Crippen LogP contribution >= 0.6 is 11.3 Å². The number of thiophene rings is 1. The molecular weight excluding hydrogens is 294 g/mol. The Bertz CT molecular complexity index is 570. The number of methoxy groups -OCH3 is 1. The minimum atomic E-state index is -0.659. The largest absolute Gasteiger partial charge is 0.487 e. The van der Waals surface area contributed by atoms with Crippen LogP contribution in [0.5, 0.6) is 5.06 Å². The van der Waals surface area contributed by atoms with Crippen molar-refractivity contribution in [3.05, 3.63) is 16.5 Å². The van der Waals surface area contributed by atoms with Gasteiger partial charge in [-0.15, -0.1) is 11.3 Å². The second-order valence-electron chi connectivity index (χ2n) is 4.68. The van der Waals surface area contributed by atoms with E-state index in [9.17, 15) is 14.4 Å². The molecule has 3 amide bonds. The number of nitrogens with one attached hydrogen (secondary N) is 2. The normalized spacial score (nSPS) is 18.3. The SMILES string of the molecule is COc1sc(CN)cc1CC(=O)NC1CCC(=O)NC1=O. The molecule has 1 saturated heterocycles.